The lowest BCUT2D eigenvalue weighted by Gasteiger charge is -2.49. The summed E-state index contributed by atoms with van der Waals surface area (Å²) in [5.41, 5.74) is -0.344. The summed E-state index contributed by atoms with van der Waals surface area (Å²) in [5, 5.41) is 0. The van der Waals surface area contributed by atoms with E-state index in [2.05, 4.69) is 0 Å². The van der Waals surface area contributed by atoms with Crippen molar-refractivity contribution in [3.8, 4) is 0 Å². The van der Waals surface area contributed by atoms with Gasteiger partial charge < -0.3 is 9.47 Å². The van der Waals surface area contributed by atoms with Gasteiger partial charge in [-0.2, -0.15) is 4.31 Å². The second-order valence-corrected chi connectivity index (χ2v) is 8.22. The normalized spacial score (nSPS) is 29.2. The van der Waals surface area contributed by atoms with E-state index in [-0.39, 0.29) is 16.4 Å². The number of fused-ring (bicyclic) bond motifs is 1. The van der Waals surface area contributed by atoms with Gasteiger partial charge in [0.1, 0.15) is 10.7 Å². The van der Waals surface area contributed by atoms with E-state index >= 15 is 0 Å². The first-order chi connectivity index (χ1) is 11.0. The molecule has 2 atom stereocenters. The zero-order valence-corrected chi connectivity index (χ0v) is 14.0. The topological polar surface area (TPSA) is 55.8 Å². The first-order valence-electron chi connectivity index (χ1n) is 7.85. The Hall–Kier alpha value is -1.02. The Balaban J connectivity index is 1.91. The van der Waals surface area contributed by atoms with Crippen LogP contribution in [0.4, 0.5) is 4.39 Å². The van der Waals surface area contributed by atoms with Crippen LogP contribution in [0.5, 0.6) is 0 Å². The molecular formula is C16H22FNO4S. The molecule has 0 aliphatic carbocycles. The highest BCUT2D eigenvalue weighted by Crippen LogP contribution is 2.41. The first kappa shape index (κ1) is 16.8. The van der Waals surface area contributed by atoms with E-state index < -0.39 is 15.8 Å². The predicted octanol–water partition coefficient (Wildman–Crippen LogP) is 2.03. The third-order valence-corrected chi connectivity index (χ3v) is 6.72. The number of methoxy groups -OCH3 is 1. The molecule has 5 nitrogen and oxygen atoms in total. The summed E-state index contributed by atoms with van der Waals surface area (Å²) < 4.78 is 52.2. The Morgan fingerprint density at radius 3 is 2.96 bits per heavy atom. The minimum atomic E-state index is -3.85. The summed E-state index contributed by atoms with van der Waals surface area (Å²) in [6.45, 7) is 1.80. The van der Waals surface area contributed by atoms with E-state index in [0.717, 1.165) is 12.8 Å². The Kier molecular flexibility index (Phi) is 4.73. The van der Waals surface area contributed by atoms with Gasteiger partial charge in [-0.1, -0.05) is 12.1 Å². The maximum absolute atomic E-state index is 14.0. The molecule has 0 aromatic heterocycles. The molecule has 2 saturated heterocycles. The molecule has 0 bridgehead atoms. The van der Waals surface area contributed by atoms with Gasteiger partial charge in [-0.15, -0.1) is 0 Å². The van der Waals surface area contributed by atoms with Crippen LogP contribution in [0.1, 0.15) is 19.3 Å². The maximum atomic E-state index is 14.0. The number of rotatable bonds is 4. The van der Waals surface area contributed by atoms with Crippen molar-refractivity contribution in [1.82, 2.24) is 4.31 Å². The molecule has 2 fully saturated rings. The molecular weight excluding hydrogens is 321 g/mol. The Labute approximate surface area is 136 Å². The lowest BCUT2D eigenvalue weighted by atomic mass is 9.73. The molecule has 2 aliphatic heterocycles. The molecule has 128 valence electrons. The van der Waals surface area contributed by atoms with Crippen LogP contribution >= 0.6 is 0 Å². The number of benzene rings is 1. The Morgan fingerprint density at radius 1 is 1.43 bits per heavy atom. The average molecular weight is 343 g/mol. The fraction of sp³-hybridized carbons (Fsp3) is 0.625. The van der Waals surface area contributed by atoms with Crippen LogP contribution in [0.15, 0.2) is 29.2 Å². The highest BCUT2D eigenvalue weighted by molar-refractivity contribution is 7.89. The van der Waals surface area contributed by atoms with E-state index in [1.807, 2.05) is 0 Å². The van der Waals surface area contributed by atoms with Crippen LogP contribution in [0, 0.1) is 11.2 Å². The molecule has 0 spiro atoms. The van der Waals surface area contributed by atoms with Gasteiger partial charge in [-0.05, 0) is 31.4 Å². The number of sulfonamides is 1. The molecule has 0 unspecified atom stereocenters. The third kappa shape index (κ3) is 3.03. The number of ether oxygens (including phenoxy) is 2. The molecule has 1 aromatic rings. The van der Waals surface area contributed by atoms with Crippen LogP contribution in [-0.4, -0.2) is 52.2 Å². The van der Waals surface area contributed by atoms with Gasteiger partial charge >= 0.3 is 0 Å². The van der Waals surface area contributed by atoms with E-state index in [9.17, 15) is 12.8 Å². The third-order valence-electron chi connectivity index (χ3n) is 4.84. The van der Waals surface area contributed by atoms with Crippen LogP contribution in [0.2, 0.25) is 0 Å². The zero-order valence-electron chi connectivity index (χ0n) is 13.2. The predicted molar refractivity (Wildman–Crippen MR) is 83.1 cm³/mol. The number of piperidine rings is 1. The number of hydrogen-bond acceptors (Lipinski definition) is 4. The first-order valence-corrected chi connectivity index (χ1v) is 9.29. The van der Waals surface area contributed by atoms with Gasteiger partial charge in [0.2, 0.25) is 10.0 Å². The van der Waals surface area contributed by atoms with Crippen molar-refractivity contribution < 1.29 is 22.3 Å². The van der Waals surface area contributed by atoms with Gasteiger partial charge in [-0.3, -0.25) is 0 Å². The SMILES string of the molecule is COC[C@@]12CCCO[C@H]1CCN(S(=O)(=O)c1ccccc1F)C2. The minimum absolute atomic E-state index is 0.00303. The molecule has 0 amide bonds. The van der Waals surface area contributed by atoms with Crippen LogP contribution in [0.3, 0.4) is 0 Å². The molecule has 1 aromatic carbocycles. The van der Waals surface area contributed by atoms with E-state index in [1.165, 1.54) is 28.6 Å². The van der Waals surface area contributed by atoms with Crippen molar-refractivity contribution >= 4 is 10.0 Å². The molecule has 3 rings (SSSR count). The molecule has 0 radical (unpaired) electrons. The van der Waals surface area contributed by atoms with Gasteiger partial charge in [0.25, 0.3) is 0 Å². The quantitative estimate of drug-likeness (QED) is 0.839. The molecule has 23 heavy (non-hydrogen) atoms. The average Bonchev–Trinajstić information content (AvgIpc) is 2.54. The van der Waals surface area contributed by atoms with Crippen molar-refractivity contribution in [2.24, 2.45) is 5.41 Å². The van der Waals surface area contributed by atoms with Crippen LogP contribution in [-0.2, 0) is 19.5 Å². The Morgan fingerprint density at radius 2 is 2.22 bits per heavy atom. The summed E-state index contributed by atoms with van der Waals surface area (Å²) in [6, 6.07) is 5.52. The van der Waals surface area contributed by atoms with Crippen LogP contribution in [0.25, 0.3) is 0 Å². The fourth-order valence-electron chi connectivity index (χ4n) is 3.75. The summed E-state index contributed by atoms with van der Waals surface area (Å²) in [4.78, 5) is -0.261. The minimum Gasteiger partial charge on any atom is -0.384 e. The molecule has 0 saturated carbocycles. The van der Waals surface area contributed by atoms with E-state index in [0.29, 0.717) is 32.7 Å². The van der Waals surface area contributed by atoms with Gasteiger partial charge in [0.15, 0.2) is 0 Å². The Bertz CT molecular complexity index is 662. The van der Waals surface area contributed by atoms with E-state index in [1.54, 1.807) is 7.11 Å². The van der Waals surface area contributed by atoms with Crippen molar-refractivity contribution in [1.29, 1.82) is 0 Å². The number of hydrogen-bond donors (Lipinski definition) is 0. The number of halogens is 1. The van der Waals surface area contributed by atoms with Crippen molar-refractivity contribution in [2.75, 3.05) is 33.4 Å². The summed E-state index contributed by atoms with van der Waals surface area (Å²) in [6.07, 6.45) is 2.35. The highest BCUT2D eigenvalue weighted by atomic mass is 32.2. The van der Waals surface area contributed by atoms with Crippen LogP contribution < -0.4 is 0 Å². The standard InChI is InChI=1S/C16H22FNO4S/c1-21-12-16-8-4-10-22-15(16)7-9-18(11-16)23(19,20)14-6-3-2-5-13(14)17/h2-3,5-6,15H,4,7-12H2,1H3/t15-,16-/m0/s1. The molecule has 2 aliphatic rings. The molecule has 2 heterocycles. The largest absolute Gasteiger partial charge is 0.384 e. The zero-order chi connectivity index (χ0) is 16.5. The molecule has 7 heteroatoms. The summed E-state index contributed by atoms with van der Waals surface area (Å²) in [5.74, 6) is -0.713. The van der Waals surface area contributed by atoms with Crippen molar-refractivity contribution in [3.63, 3.8) is 0 Å². The van der Waals surface area contributed by atoms with Gasteiger partial charge in [-0.25, -0.2) is 12.8 Å². The van der Waals surface area contributed by atoms with Crippen molar-refractivity contribution in [3.05, 3.63) is 30.1 Å². The fourth-order valence-corrected chi connectivity index (χ4v) is 5.36. The smallest absolute Gasteiger partial charge is 0.246 e. The monoisotopic (exact) mass is 343 g/mol. The molecule has 0 N–H and O–H groups in total. The lowest BCUT2D eigenvalue weighted by Crippen LogP contribution is -2.57. The van der Waals surface area contributed by atoms with Crippen molar-refractivity contribution in [2.45, 2.75) is 30.3 Å². The number of nitrogens with zero attached hydrogens (tertiary/aromatic N) is 1. The summed E-state index contributed by atoms with van der Waals surface area (Å²) in [7, 11) is -2.24. The maximum Gasteiger partial charge on any atom is 0.246 e. The second kappa shape index (κ2) is 6.47. The second-order valence-electron chi connectivity index (χ2n) is 6.32. The van der Waals surface area contributed by atoms with Gasteiger partial charge in [0.05, 0.1) is 12.7 Å². The summed E-state index contributed by atoms with van der Waals surface area (Å²) >= 11 is 0. The lowest BCUT2D eigenvalue weighted by molar-refractivity contribution is -0.137. The highest BCUT2D eigenvalue weighted by Gasteiger charge is 2.48. The van der Waals surface area contributed by atoms with E-state index in [4.69, 9.17) is 9.47 Å². The van der Waals surface area contributed by atoms with Gasteiger partial charge in [0, 0.05) is 32.2 Å².